The Morgan fingerprint density at radius 2 is 1.79 bits per heavy atom. The quantitative estimate of drug-likeness (QED) is 0.806. The molecule has 0 aromatic carbocycles. The first-order chi connectivity index (χ1) is 13.6. The molecule has 3 heterocycles. The first-order valence-electron chi connectivity index (χ1n) is 10.7. The van der Waals surface area contributed by atoms with Gasteiger partial charge in [-0.25, -0.2) is 13.4 Å². The van der Waals surface area contributed by atoms with E-state index in [9.17, 15) is 8.42 Å². The van der Waals surface area contributed by atoms with Crippen LogP contribution in [0.4, 0.5) is 5.82 Å². The number of anilines is 1. The van der Waals surface area contributed by atoms with Crippen molar-refractivity contribution in [1.29, 1.82) is 0 Å². The lowest BCUT2D eigenvalue weighted by Crippen LogP contribution is -2.47. The molecule has 3 aliphatic rings. The molecule has 1 aliphatic carbocycles. The van der Waals surface area contributed by atoms with Gasteiger partial charge < -0.3 is 10.1 Å². The molecule has 156 valence electrons. The van der Waals surface area contributed by atoms with Gasteiger partial charge in [0.1, 0.15) is 10.7 Å². The summed E-state index contributed by atoms with van der Waals surface area (Å²) < 4.78 is 32.1. The topological polar surface area (TPSA) is 74.8 Å². The van der Waals surface area contributed by atoms with Gasteiger partial charge in [0.2, 0.25) is 10.0 Å². The van der Waals surface area contributed by atoms with Crippen molar-refractivity contribution in [2.75, 3.05) is 44.7 Å². The monoisotopic (exact) mass is 408 g/mol. The summed E-state index contributed by atoms with van der Waals surface area (Å²) in [5, 5.41) is 3.53. The Balaban J connectivity index is 1.36. The zero-order chi connectivity index (χ0) is 19.4. The average molecular weight is 409 g/mol. The van der Waals surface area contributed by atoms with Crippen molar-refractivity contribution < 1.29 is 13.2 Å². The minimum absolute atomic E-state index is 0.257. The summed E-state index contributed by atoms with van der Waals surface area (Å²) in [5.74, 6) is 0.761. The third kappa shape index (κ3) is 4.67. The Bertz CT molecular complexity index is 728. The molecule has 0 bridgehead atoms. The van der Waals surface area contributed by atoms with Gasteiger partial charge in [-0.2, -0.15) is 4.31 Å². The van der Waals surface area contributed by atoms with E-state index < -0.39 is 10.0 Å². The number of aromatic nitrogens is 1. The van der Waals surface area contributed by atoms with Gasteiger partial charge >= 0.3 is 0 Å². The molecule has 2 aliphatic heterocycles. The number of morpholine rings is 1. The van der Waals surface area contributed by atoms with Gasteiger partial charge in [-0.3, -0.25) is 4.90 Å². The molecule has 0 radical (unpaired) electrons. The van der Waals surface area contributed by atoms with Crippen LogP contribution in [0.2, 0.25) is 0 Å². The number of rotatable bonds is 5. The molecule has 7 nitrogen and oxygen atoms in total. The second kappa shape index (κ2) is 9.07. The van der Waals surface area contributed by atoms with Crippen molar-refractivity contribution in [2.45, 2.75) is 61.9 Å². The van der Waals surface area contributed by atoms with Crippen molar-refractivity contribution in [3.8, 4) is 0 Å². The predicted molar refractivity (Wildman–Crippen MR) is 109 cm³/mol. The zero-order valence-corrected chi connectivity index (χ0v) is 17.4. The number of likely N-dealkylation sites (tertiary alicyclic amines) is 1. The average Bonchev–Trinajstić information content (AvgIpc) is 2.76. The largest absolute Gasteiger partial charge is 0.379 e. The van der Waals surface area contributed by atoms with Crippen LogP contribution in [-0.4, -0.2) is 74.1 Å². The predicted octanol–water partition coefficient (Wildman–Crippen LogP) is 2.31. The molecule has 2 saturated heterocycles. The van der Waals surface area contributed by atoms with E-state index in [1.165, 1.54) is 55.6 Å². The van der Waals surface area contributed by atoms with E-state index in [1.54, 1.807) is 12.1 Å². The molecular weight excluding hydrogens is 376 g/mol. The van der Waals surface area contributed by atoms with E-state index in [4.69, 9.17) is 4.74 Å². The van der Waals surface area contributed by atoms with Gasteiger partial charge in [0.25, 0.3) is 0 Å². The molecular formula is C20H32N4O3S. The Hall–Kier alpha value is -1.22. The van der Waals surface area contributed by atoms with E-state index in [2.05, 4.69) is 15.2 Å². The van der Waals surface area contributed by atoms with Crippen molar-refractivity contribution in [2.24, 2.45) is 0 Å². The van der Waals surface area contributed by atoms with Crippen molar-refractivity contribution >= 4 is 15.8 Å². The van der Waals surface area contributed by atoms with Crippen LogP contribution in [-0.2, 0) is 14.8 Å². The lowest BCUT2D eigenvalue weighted by Gasteiger charge is -2.40. The van der Waals surface area contributed by atoms with Crippen LogP contribution in [0.3, 0.4) is 0 Å². The van der Waals surface area contributed by atoms with Crippen molar-refractivity contribution in [3.05, 3.63) is 18.3 Å². The Morgan fingerprint density at radius 1 is 1.00 bits per heavy atom. The number of hydrogen-bond acceptors (Lipinski definition) is 6. The van der Waals surface area contributed by atoms with Crippen LogP contribution in [0.15, 0.2) is 23.2 Å². The van der Waals surface area contributed by atoms with Gasteiger partial charge in [-0.05, 0) is 44.4 Å². The van der Waals surface area contributed by atoms with Crippen LogP contribution in [0, 0.1) is 0 Å². The molecule has 3 fully saturated rings. The first kappa shape index (κ1) is 20.1. The number of nitrogens with one attached hydrogen (secondary N) is 1. The van der Waals surface area contributed by atoms with Gasteiger partial charge in [0.15, 0.2) is 0 Å². The van der Waals surface area contributed by atoms with E-state index in [0.29, 0.717) is 32.3 Å². The molecule has 1 aromatic rings. The van der Waals surface area contributed by atoms with Gasteiger partial charge in [-0.1, -0.05) is 19.3 Å². The third-order valence-corrected chi connectivity index (χ3v) is 8.12. The summed E-state index contributed by atoms with van der Waals surface area (Å²) >= 11 is 0. The van der Waals surface area contributed by atoms with Crippen LogP contribution in [0.1, 0.15) is 44.9 Å². The van der Waals surface area contributed by atoms with Crippen LogP contribution < -0.4 is 5.32 Å². The van der Waals surface area contributed by atoms with Crippen molar-refractivity contribution in [1.82, 2.24) is 14.2 Å². The maximum absolute atomic E-state index is 12.7. The highest BCUT2D eigenvalue weighted by atomic mass is 32.2. The van der Waals surface area contributed by atoms with Crippen LogP contribution in [0.5, 0.6) is 0 Å². The van der Waals surface area contributed by atoms with E-state index in [0.717, 1.165) is 24.8 Å². The highest BCUT2D eigenvalue weighted by Crippen LogP contribution is 2.26. The Morgan fingerprint density at radius 3 is 2.50 bits per heavy atom. The Kier molecular flexibility index (Phi) is 6.50. The molecule has 1 aromatic heterocycles. The van der Waals surface area contributed by atoms with Crippen molar-refractivity contribution in [3.63, 3.8) is 0 Å². The second-order valence-electron chi connectivity index (χ2n) is 8.17. The summed E-state index contributed by atoms with van der Waals surface area (Å²) in [6.07, 6.45) is 10.6. The van der Waals surface area contributed by atoms with E-state index >= 15 is 0 Å². The smallest absolute Gasteiger partial charge is 0.244 e. The fourth-order valence-corrected chi connectivity index (χ4v) is 6.02. The summed E-state index contributed by atoms with van der Waals surface area (Å²) in [4.78, 5) is 7.31. The summed E-state index contributed by atoms with van der Waals surface area (Å²) in [6.45, 7) is 3.97. The van der Waals surface area contributed by atoms with Crippen LogP contribution >= 0.6 is 0 Å². The summed E-state index contributed by atoms with van der Waals surface area (Å²) in [7, 11) is -3.48. The maximum atomic E-state index is 12.7. The first-order valence-corrected chi connectivity index (χ1v) is 12.1. The van der Waals surface area contributed by atoms with E-state index in [-0.39, 0.29) is 4.90 Å². The number of hydrogen-bond donors (Lipinski definition) is 1. The number of pyridine rings is 1. The standard InChI is InChI=1S/C20H32N4O3S/c25-28(26,24-11-13-27-14-12-24)19-8-9-20(21-15-19)22-17-5-4-10-23(16-17)18-6-2-1-3-7-18/h8-9,15,17-18H,1-7,10-14,16H2,(H,21,22). The minimum atomic E-state index is -3.48. The van der Waals surface area contributed by atoms with Gasteiger partial charge in [-0.15, -0.1) is 0 Å². The normalized spacial score (nSPS) is 26.2. The minimum Gasteiger partial charge on any atom is -0.379 e. The Labute approximate surface area is 168 Å². The molecule has 1 saturated carbocycles. The number of ether oxygens (including phenoxy) is 1. The fourth-order valence-electron chi connectivity index (χ4n) is 4.67. The van der Waals surface area contributed by atoms with Crippen LogP contribution in [0.25, 0.3) is 0 Å². The second-order valence-corrected chi connectivity index (χ2v) is 10.1. The summed E-state index contributed by atoms with van der Waals surface area (Å²) in [6, 6.07) is 4.59. The molecule has 28 heavy (non-hydrogen) atoms. The lowest BCUT2D eigenvalue weighted by atomic mass is 9.92. The maximum Gasteiger partial charge on any atom is 0.244 e. The molecule has 0 spiro atoms. The highest BCUT2D eigenvalue weighted by molar-refractivity contribution is 7.89. The molecule has 8 heteroatoms. The summed E-state index contributed by atoms with van der Waals surface area (Å²) in [5.41, 5.74) is 0. The SMILES string of the molecule is O=S(=O)(c1ccc(NC2CCCN(C3CCCCC3)C2)nc1)N1CCOCC1. The molecule has 0 amide bonds. The molecule has 1 unspecified atom stereocenters. The lowest BCUT2D eigenvalue weighted by molar-refractivity contribution is 0.0730. The number of sulfonamides is 1. The molecule has 1 N–H and O–H groups in total. The third-order valence-electron chi connectivity index (χ3n) is 6.24. The van der Waals surface area contributed by atoms with Gasteiger partial charge in [0, 0.05) is 37.9 Å². The fraction of sp³-hybridized carbons (Fsp3) is 0.750. The zero-order valence-electron chi connectivity index (χ0n) is 16.6. The number of piperidine rings is 1. The molecule has 1 atom stereocenters. The number of nitrogens with zero attached hydrogens (tertiary/aromatic N) is 3. The van der Waals surface area contributed by atoms with E-state index in [1.807, 2.05) is 0 Å². The highest BCUT2D eigenvalue weighted by Gasteiger charge is 2.28. The van der Waals surface area contributed by atoms with Gasteiger partial charge in [0.05, 0.1) is 13.2 Å². The molecule has 4 rings (SSSR count).